The van der Waals surface area contributed by atoms with Crippen molar-refractivity contribution < 1.29 is 28.2 Å². The zero-order chi connectivity index (χ0) is 26.0. The van der Waals surface area contributed by atoms with Gasteiger partial charge in [0.1, 0.15) is 11.4 Å². The number of aromatic nitrogens is 2. The summed E-state index contributed by atoms with van der Waals surface area (Å²) < 4.78 is 34.3. The van der Waals surface area contributed by atoms with Crippen molar-refractivity contribution in [1.82, 2.24) is 14.9 Å². The van der Waals surface area contributed by atoms with Crippen molar-refractivity contribution in [3.05, 3.63) is 94.4 Å². The summed E-state index contributed by atoms with van der Waals surface area (Å²) >= 11 is 0. The largest absolute Gasteiger partial charge is 0.491 e. The van der Waals surface area contributed by atoms with E-state index in [4.69, 9.17) is 4.74 Å². The Balaban J connectivity index is 1.85. The third-order valence-corrected chi connectivity index (χ3v) is 5.62. The summed E-state index contributed by atoms with van der Waals surface area (Å²) in [5.41, 5.74) is 1.88. The molecule has 0 saturated heterocycles. The summed E-state index contributed by atoms with van der Waals surface area (Å²) in [5, 5.41) is 13.3. The Kier molecular flexibility index (Phi) is 7.00. The highest BCUT2D eigenvalue weighted by molar-refractivity contribution is 6.15. The van der Waals surface area contributed by atoms with Crippen molar-refractivity contribution in [3.63, 3.8) is 0 Å². The van der Waals surface area contributed by atoms with Crippen LogP contribution in [0.15, 0.2) is 54.7 Å². The summed E-state index contributed by atoms with van der Waals surface area (Å²) in [7, 11) is 0. The van der Waals surface area contributed by atoms with Gasteiger partial charge in [-0.15, -0.1) is 0 Å². The molecule has 7 nitrogen and oxygen atoms in total. The lowest BCUT2D eigenvalue weighted by Gasteiger charge is -2.13. The Bertz CT molecular complexity index is 1450. The summed E-state index contributed by atoms with van der Waals surface area (Å²) in [6.07, 6.45) is 1.49. The highest BCUT2D eigenvalue weighted by Gasteiger charge is 2.29. The van der Waals surface area contributed by atoms with Crippen LogP contribution in [-0.4, -0.2) is 32.6 Å². The number of aryl methyl sites for hydroxylation is 1. The molecule has 0 aliphatic heterocycles. The summed E-state index contributed by atoms with van der Waals surface area (Å²) in [5.74, 6) is -3.42. The lowest BCUT2D eigenvalue weighted by molar-refractivity contribution is 0.0680. The highest BCUT2D eigenvalue weighted by Crippen LogP contribution is 2.34. The standard InChI is InChI=1S/C27H25F2N3O4/c1-15(2)36-19-10-16(3)23-22(12-19)32(14-18-6-4-5-9-30-18)25(27(34)35)24(23)26(33)31-13-17-7-8-20(28)21(29)11-17/h4-12,15H,13-14H2,1-3H3,(H,31,33)(H,34,35). The van der Waals surface area contributed by atoms with Crippen molar-refractivity contribution in [2.24, 2.45) is 0 Å². The fraction of sp³-hybridized carbons (Fsp3) is 0.222. The molecule has 0 fully saturated rings. The number of benzene rings is 2. The van der Waals surface area contributed by atoms with Gasteiger partial charge in [0.15, 0.2) is 11.6 Å². The first-order valence-electron chi connectivity index (χ1n) is 11.3. The molecule has 0 radical (unpaired) electrons. The van der Waals surface area contributed by atoms with E-state index in [2.05, 4.69) is 10.3 Å². The predicted molar refractivity (Wildman–Crippen MR) is 130 cm³/mol. The van der Waals surface area contributed by atoms with E-state index < -0.39 is 23.5 Å². The first kappa shape index (κ1) is 24.8. The van der Waals surface area contributed by atoms with E-state index in [1.54, 1.807) is 43.5 Å². The Morgan fingerprint density at radius 1 is 1.11 bits per heavy atom. The molecular weight excluding hydrogens is 468 g/mol. The van der Waals surface area contributed by atoms with Gasteiger partial charge in [-0.3, -0.25) is 9.78 Å². The molecule has 2 N–H and O–H groups in total. The second-order valence-electron chi connectivity index (χ2n) is 8.67. The molecule has 0 aliphatic carbocycles. The second-order valence-corrected chi connectivity index (χ2v) is 8.67. The van der Waals surface area contributed by atoms with E-state index in [-0.39, 0.29) is 30.5 Å². The maximum absolute atomic E-state index is 13.6. The monoisotopic (exact) mass is 493 g/mol. The quantitative estimate of drug-likeness (QED) is 0.357. The van der Waals surface area contributed by atoms with Crippen LogP contribution in [0.25, 0.3) is 10.9 Å². The van der Waals surface area contributed by atoms with Crippen LogP contribution in [0, 0.1) is 18.6 Å². The van der Waals surface area contributed by atoms with Gasteiger partial charge in [-0.1, -0.05) is 12.1 Å². The van der Waals surface area contributed by atoms with Crippen molar-refractivity contribution in [2.45, 2.75) is 40.0 Å². The smallest absolute Gasteiger partial charge is 0.353 e. The number of carboxylic acid groups (broad SMARTS) is 1. The van der Waals surface area contributed by atoms with E-state index in [0.29, 0.717) is 33.5 Å². The van der Waals surface area contributed by atoms with Gasteiger partial charge < -0.3 is 19.7 Å². The number of nitrogens with zero attached hydrogens (tertiary/aromatic N) is 2. The second kappa shape index (κ2) is 10.2. The number of rotatable bonds is 8. The molecule has 186 valence electrons. The molecular formula is C27H25F2N3O4. The van der Waals surface area contributed by atoms with E-state index >= 15 is 0 Å². The minimum Gasteiger partial charge on any atom is -0.491 e. The number of fused-ring (bicyclic) bond motifs is 1. The van der Waals surface area contributed by atoms with E-state index in [1.807, 2.05) is 13.8 Å². The average Bonchev–Trinajstić information content (AvgIpc) is 3.14. The number of ether oxygens (including phenoxy) is 1. The van der Waals surface area contributed by atoms with Crippen LogP contribution in [0.5, 0.6) is 5.75 Å². The molecule has 36 heavy (non-hydrogen) atoms. The maximum atomic E-state index is 13.6. The van der Waals surface area contributed by atoms with Crippen LogP contribution in [0.1, 0.15) is 51.5 Å². The van der Waals surface area contributed by atoms with Gasteiger partial charge in [-0.05, 0) is 62.2 Å². The van der Waals surface area contributed by atoms with Gasteiger partial charge in [0, 0.05) is 24.2 Å². The zero-order valence-corrected chi connectivity index (χ0v) is 20.0. The molecule has 1 amide bonds. The van der Waals surface area contributed by atoms with Crippen LogP contribution in [0.3, 0.4) is 0 Å². The number of nitrogens with one attached hydrogen (secondary N) is 1. The number of aromatic carboxylic acids is 1. The normalized spacial score (nSPS) is 11.2. The molecule has 0 bridgehead atoms. The van der Waals surface area contributed by atoms with Crippen LogP contribution in [0.2, 0.25) is 0 Å². The van der Waals surface area contributed by atoms with Crippen LogP contribution >= 0.6 is 0 Å². The van der Waals surface area contributed by atoms with Gasteiger partial charge in [-0.25, -0.2) is 13.6 Å². The van der Waals surface area contributed by atoms with Gasteiger partial charge in [0.05, 0.1) is 29.4 Å². The SMILES string of the molecule is Cc1cc(OC(C)C)cc2c1c(C(=O)NCc1ccc(F)c(F)c1)c(C(=O)O)n2Cc1ccccn1. The maximum Gasteiger partial charge on any atom is 0.353 e. The number of carbonyl (C=O) groups is 2. The molecule has 0 unspecified atom stereocenters. The first-order valence-corrected chi connectivity index (χ1v) is 11.3. The molecule has 0 saturated carbocycles. The minimum absolute atomic E-state index is 0.0235. The number of pyridine rings is 1. The topological polar surface area (TPSA) is 93.5 Å². The number of carboxylic acids is 1. The Labute approximate surface area is 206 Å². The molecule has 9 heteroatoms. The van der Waals surface area contributed by atoms with Crippen molar-refractivity contribution >= 4 is 22.8 Å². The molecule has 2 aromatic heterocycles. The van der Waals surface area contributed by atoms with Crippen LogP contribution in [0.4, 0.5) is 8.78 Å². The lowest BCUT2D eigenvalue weighted by atomic mass is 10.0. The van der Waals surface area contributed by atoms with Crippen LogP contribution < -0.4 is 10.1 Å². The molecule has 2 heterocycles. The average molecular weight is 494 g/mol. The third-order valence-electron chi connectivity index (χ3n) is 5.62. The Hall–Kier alpha value is -4.27. The summed E-state index contributed by atoms with van der Waals surface area (Å²) in [6.45, 7) is 5.53. The molecule has 0 atom stereocenters. The van der Waals surface area contributed by atoms with E-state index in [1.165, 1.54) is 10.6 Å². The van der Waals surface area contributed by atoms with Crippen molar-refractivity contribution in [1.29, 1.82) is 0 Å². The van der Waals surface area contributed by atoms with E-state index in [0.717, 1.165) is 12.1 Å². The van der Waals surface area contributed by atoms with Crippen LogP contribution in [-0.2, 0) is 13.1 Å². The predicted octanol–water partition coefficient (Wildman–Crippen LogP) is 5.09. The highest BCUT2D eigenvalue weighted by atomic mass is 19.2. The molecule has 0 spiro atoms. The van der Waals surface area contributed by atoms with E-state index in [9.17, 15) is 23.5 Å². The van der Waals surface area contributed by atoms with Gasteiger partial charge in [0.25, 0.3) is 5.91 Å². The number of halogens is 2. The third kappa shape index (κ3) is 5.05. The Morgan fingerprint density at radius 3 is 2.53 bits per heavy atom. The summed E-state index contributed by atoms with van der Waals surface area (Å²) in [4.78, 5) is 30.2. The fourth-order valence-electron chi connectivity index (χ4n) is 4.17. The molecule has 0 aliphatic rings. The lowest BCUT2D eigenvalue weighted by Crippen LogP contribution is -2.25. The molecule has 4 rings (SSSR count). The van der Waals surface area contributed by atoms with Crippen molar-refractivity contribution in [3.8, 4) is 5.75 Å². The van der Waals surface area contributed by atoms with Gasteiger partial charge in [0.2, 0.25) is 0 Å². The zero-order valence-electron chi connectivity index (χ0n) is 20.0. The molecule has 2 aromatic carbocycles. The van der Waals surface area contributed by atoms with Gasteiger partial charge >= 0.3 is 5.97 Å². The summed E-state index contributed by atoms with van der Waals surface area (Å²) in [6, 6.07) is 12.1. The van der Waals surface area contributed by atoms with Crippen molar-refractivity contribution in [2.75, 3.05) is 0 Å². The minimum atomic E-state index is -1.29. The Morgan fingerprint density at radius 2 is 1.89 bits per heavy atom. The number of amides is 1. The van der Waals surface area contributed by atoms with Gasteiger partial charge in [-0.2, -0.15) is 0 Å². The molecule has 4 aromatic rings. The number of hydrogen-bond donors (Lipinski definition) is 2. The first-order chi connectivity index (χ1) is 17.2. The fourth-order valence-corrected chi connectivity index (χ4v) is 4.17. The number of carbonyl (C=O) groups excluding carboxylic acids is 1. The number of hydrogen-bond acceptors (Lipinski definition) is 4.